The Balaban J connectivity index is 1.41. The van der Waals surface area contributed by atoms with Gasteiger partial charge in [0.1, 0.15) is 6.04 Å². The number of carboxylic acid groups (broad SMARTS) is 1. The van der Waals surface area contributed by atoms with Crippen LogP contribution in [0.4, 0.5) is 0 Å². The Kier molecular flexibility index (Phi) is 7.55. The molecule has 2 heterocycles. The number of para-hydroxylation sites is 1. The molecule has 1 unspecified atom stereocenters. The second-order valence-electron chi connectivity index (χ2n) is 9.69. The highest BCUT2D eigenvalue weighted by molar-refractivity contribution is 5.86. The maximum atomic E-state index is 12.8. The van der Waals surface area contributed by atoms with Crippen molar-refractivity contribution in [2.45, 2.75) is 44.7 Å². The van der Waals surface area contributed by atoms with Crippen LogP contribution in [0.25, 0.3) is 10.9 Å². The number of fused-ring (bicyclic) bond motifs is 1. The Morgan fingerprint density at radius 2 is 1.42 bits per heavy atom. The topological polar surface area (TPSA) is 64.2 Å². The van der Waals surface area contributed by atoms with Gasteiger partial charge >= 0.3 is 5.97 Å². The molecule has 1 atom stereocenters. The number of hydrogen-bond acceptors (Lipinski definition) is 2. The first-order valence-corrected chi connectivity index (χ1v) is 13.2. The van der Waals surface area contributed by atoms with Crippen LogP contribution in [-0.4, -0.2) is 20.2 Å². The lowest BCUT2D eigenvalue weighted by Gasteiger charge is -2.20. The Labute approximate surface area is 222 Å². The summed E-state index contributed by atoms with van der Waals surface area (Å²) in [6, 6.07) is 31.7. The van der Waals surface area contributed by atoms with Gasteiger partial charge < -0.3 is 14.2 Å². The summed E-state index contributed by atoms with van der Waals surface area (Å²) in [5.74, 6) is -0.793. The molecule has 5 heteroatoms. The highest BCUT2D eigenvalue weighted by Gasteiger charge is 2.21. The van der Waals surface area contributed by atoms with Gasteiger partial charge in [0, 0.05) is 41.8 Å². The normalized spacial score (nSPS) is 12.2. The molecule has 5 aromatic rings. The van der Waals surface area contributed by atoms with E-state index in [0.29, 0.717) is 13.0 Å². The van der Waals surface area contributed by atoms with Gasteiger partial charge in [-0.15, -0.1) is 0 Å². The van der Waals surface area contributed by atoms with E-state index < -0.39 is 12.0 Å². The van der Waals surface area contributed by atoms with Crippen molar-refractivity contribution in [3.8, 4) is 0 Å². The summed E-state index contributed by atoms with van der Waals surface area (Å²) >= 11 is 0. The smallest absolute Gasteiger partial charge is 0.326 e. The Morgan fingerprint density at radius 1 is 0.789 bits per heavy atom. The van der Waals surface area contributed by atoms with Gasteiger partial charge in [-0.05, 0) is 47.6 Å². The van der Waals surface area contributed by atoms with Gasteiger partial charge in [-0.1, -0.05) is 91.9 Å². The third-order valence-electron chi connectivity index (χ3n) is 7.28. The van der Waals surface area contributed by atoms with E-state index in [4.69, 9.17) is 0 Å². The molecule has 5 rings (SSSR count). The Morgan fingerprint density at radius 3 is 2.05 bits per heavy atom. The SMILES string of the molecule is CCC(C(=O)O)n1cc(CCCn2cc(C(c3ccccc3)c3ccccc3)ccc2=O)c2ccccc21. The van der Waals surface area contributed by atoms with Crippen LogP contribution in [0.15, 0.2) is 114 Å². The van der Waals surface area contributed by atoms with Gasteiger partial charge in [-0.2, -0.15) is 0 Å². The van der Waals surface area contributed by atoms with Crippen molar-refractivity contribution in [1.82, 2.24) is 9.13 Å². The van der Waals surface area contributed by atoms with Crippen LogP contribution < -0.4 is 5.56 Å². The standard InChI is InChI=1S/C33H32N2O3/c1-2-29(33(37)38)35-23-26(28-17-9-10-18-30(28)35)16-11-21-34-22-27(19-20-31(34)36)32(24-12-5-3-6-13-24)25-14-7-4-8-15-25/h3-10,12-15,17-20,22-23,29,32H,2,11,16,21H2,1H3,(H,37,38). The lowest BCUT2D eigenvalue weighted by molar-refractivity contribution is -0.140. The molecule has 0 saturated heterocycles. The van der Waals surface area contributed by atoms with Crippen molar-refractivity contribution in [2.75, 3.05) is 0 Å². The van der Waals surface area contributed by atoms with E-state index in [1.54, 1.807) is 10.6 Å². The summed E-state index contributed by atoms with van der Waals surface area (Å²) in [6.45, 7) is 2.48. The van der Waals surface area contributed by atoms with Crippen LogP contribution in [0.3, 0.4) is 0 Å². The average molecular weight is 505 g/mol. The van der Waals surface area contributed by atoms with Gasteiger partial charge in [0.15, 0.2) is 0 Å². The number of nitrogens with zero attached hydrogens (tertiary/aromatic N) is 2. The molecule has 0 spiro atoms. The van der Waals surface area contributed by atoms with Gasteiger partial charge in [-0.3, -0.25) is 4.79 Å². The van der Waals surface area contributed by atoms with Crippen LogP contribution in [-0.2, 0) is 17.8 Å². The molecule has 0 aliphatic heterocycles. The summed E-state index contributed by atoms with van der Waals surface area (Å²) < 4.78 is 3.68. The third-order valence-corrected chi connectivity index (χ3v) is 7.28. The van der Waals surface area contributed by atoms with E-state index in [1.165, 1.54) is 11.1 Å². The molecule has 0 aliphatic carbocycles. The van der Waals surface area contributed by atoms with Gasteiger partial charge in [-0.25, -0.2) is 4.79 Å². The van der Waals surface area contributed by atoms with E-state index in [1.807, 2.05) is 90.6 Å². The predicted octanol–water partition coefficient (Wildman–Crippen LogP) is 6.65. The number of aliphatic carboxylic acids is 1. The van der Waals surface area contributed by atoms with Crippen molar-refractivity contribution < 1.29 is 9.90 Å². The molecular formula is C33H32N2O3. The predicted molar refractivity (Wildman–Crippen MR) is 152 cm³/mol. The van der Waals surface area contributed by atoms with Gasteiger partial charge in [0.05, 0.1) is 0 Å². The molecule has 0 bridgehead atoms. The van der Waals surface area contributed by atoms with E-state index in [9.17, 15) is 14.7 Å². The summed E-state index contributed by atoms with van der Waals surface area (Å²) in [5, 5.41) is 10.8. The molecule has 0 amide bonds. The molecule has 2 aromatic heterocycles. The zero-order chi connectivity index (χ0) is 26.5. The molecule has 5 nitrogen and oxygen atoms in total. The molecule has 0 saturated carbocycles. The Bertz CT molecular complexity index is 1550. The molecule has 1 N–H and O–H groups in total. The van der Waals surface area contributed by atoms with Crippen LogP contribution in [0.2, 0.25) is 0 Å². The van der Waals surface area contributed by atoms with E-state index in [-0.39, 0.29) is 11.5 Å². The molecule has 3 aromatic carbocycles. The molecule has 0 radical (unpaired) electrons. The fourth-order valence-corrected chi connectivity index (χ4v) is 5.43. The fourth-order valence-electron chi connectivity index (χ4n) is 5.43. The average Bonchev–Trinajstić information content (AvgIpc) is 3.30. The number of carboxylic acids is 1. The van der Waals surface area contributed by atoms with Crippen LogP contribution in [0.5, 0.6) is 0 Å². The molecular weight excluding hydrogens is 472 g/mol. The first-order valence-electron chi connectivity index (χ1n) is 13.2. The van der Waals surface area contributed by atoms with Crippen LogP contribution in [0, 0.1) is 0 Å². The highest BCUT2D eigenvalue weighted by Crippen LogP contribution is 2.31. The maximum Gasteiger partial charge on any atom is 0.326 e. The number of rotatable bonds is 10. The van der Waals surface area contributed by atoms with Crippen LogP contribution in [0.1, 0.15) is 54.0 Å². The molecule has 0 aliphatic rings. The lowest BCUT2D eigenvalue weighted by Crippen LogP contribution is -2.20. The van der Waals surface area contributed by atoms with E-state index in [0.717, 1.165) is 34.9 Å². The second-order valence-corrected chi connectivity index (χ2v) is 9.69. The lowest BCUT2D eigenvalue weighted by atomic mass is 9.86. The van der Waals surface area contributed by atoms with E-state index in [2.05, 4.69) is 24.3 Å². The minimum Gasteiger partial charge on any atom is -0.480 e. The summed E-state index contributed by atoms with van der Waals surface area (Å²) in [4.78, 5) is 24.7. The summed E-state index contributed by atoms with van der Waals surface area (Å²) in [7, 11) is 0. The molecule has 38 heavy (non-hydrogen) atoms. The molecule has 0 fully saturated rings. The van der Waals surface area contributed by atoms with E-state index >= 15 is 0 Å². The fraction of sp³-hybridized carbons (Fsp3) is 0.212. The monoisotopic (exact) mass is 504 g/mol. The second kappa shape index (κ2) is 11.3. The zero-order valence-corrected chi connectivity index (χ0v) is 21.5. The van der Waals surface area contributed by atoms with Crippen molar-refractivity contribution in [2.24, 2.45) is 0 Å². The Hall–Kier alpha value is -4.38. The number of aromatic nitrogens is 2. The minimum absolute atomic E-state index is 0.0204. The number of aryl methyl sites for hydroxylation is 2. The first-order chi connectivity index (χ1) is 18.6. The third kappa shape index (κ3) is 5.18. The zero-order valence-electron chi connectivity index (χ0n) is 21.5. The van der Waals surface area contributed by atoms with Gasteiger partial charge in [0.2, 0.25) is 0 Å². The van der Waals surface area contributed by atoms with Crippen molar-refractivity contribution in [1.29, 1.82) is 0 Å². The van der Waals surface area contributed by atoms with Crippen molar-refractivity contribution >= 4 is 16.9 Å². The number of hydrogen-bond donors (Lipinski definition) is 1. The first kappa shape index (κ1) is 25.3. The number of carbonyl (C=O) groups is 1. The molecule has 192 valence electrons. The summed E-state index contributed by atoms with van der Waals surface area (Å²) in [6.07, 6.45) is 6.00. The van der Waals surface area contributed by atoms with Crippen LogP contribution >= 0.6 is 0 Å². The number of pyridine rings is 1. The largest absolute Gasteiger partial charge is 0.480 e. The quantitative estimate of drug-likeness (QED) is 0.232. The highest BCUT2D eigenvalue weighted by atomic mass is 16.4. The van der Waals surface area contributed by atoms with Gasteiger partial charge in [0.25, 0.3) is 5.56 Å². The summed E-state index contributed by atoms with van der Waals surface area (Å²) in [5.41, 5.74) is 5.46. The van der Waals surface area contributed by atoms with Crippen molar-refractivity contribution in [3.05, 3.63) is 142 Å². The number of benzene rings is 3. The minimum atomic E-state index is -0.824. The van der Waals surface area contributed by atoms with Crippen molar-refractivity contribution in [3.63, 3.8) is 0 Å². The maximum absolute atomic E-state index is 12.8.